The summed E-state index contributed by atoms with van der Waals surface area (Å²) in [6.07, 6.45) is 21.5. The van der Waals surface area contributed by atoms with Gasteiger partial charge in [0.25, 0.3) is 0 Å². The Morgan fingerprint density at radius 2 is 1.14 bits per heavy atom. The Balaban J connectivity index is 2.55. The van der Waals surface area contributed by atoms with Crippen LogP contribution in [0.15, 0.2) is 24.3 Å². The maximum absolute atomic E-state index is 10.5. The molecule has 1 heteroatoms. The first-order chi connectivity index (χ1) is 13.7. The molecule has 0 aliphatic carbocycles. The summed E-state index contributed by atoms with van der Waals surface area (Å²) in [6.45, 7) is 6.89. The number of rotatable bonds is 18. The van der Waals surface area contributed by atoms with E-state index in [1.165, 1.54) is 108 Å². The molecule has 0 aliphatic heterocycles. The van der Waals surface area contributed by atoms with Gasteiger partial charge in [-0.1, -0.05) is 129 Å². The monoisotopic (exact) mass is 388 g/mol. The number of para-hydroxylation sites is 1. The summed E-state index contributed by atoms with van der Waals surface area (Å²) in [6, 6.07) is 8.12. The number of aromatic hydroxyl groups is 1. The zero-order chi connectivity index (χ0) is 20.5. The fourth-order valence-electron chi connectivity index (χ4n) is 4.70. The second-order valence-electron chi connectivity index (χ2n) is 8.83. The van der Waals surface area contributed by atoms with Crippen LogP contribution in [0.4, 0.5) is 0 Å². The van der Waals surface area contributed by atoms with Crippen LogP contribution < -0.4 is 0 Å². The van der Waals surface area contributed by atoms with Crippen molar-refractivity contribution in [3.05, 3.63) is 29.8 Å². The first-order valence-electron chi connectivity index (χ1n) is 12.5. The molecule has 162 valence electrons. The average Bonchev–Trinajstić information content (AvgIpc) is 2.70. The van der Waals surface area contributed by atoms with Crippen LogP contribution in [0.2, 0.25) is 0 Å². The Morgan fingerprint density at radius 3 is 1.75 bits per heavy atom. The van der Waals surface area contributed by atoms with Crippen LogP contribution in [0.1, 0.15) is 135 Å². The molecule has 1 N–H and O–H groups in total. The van der Waals surface area contributed by atoms with Gasteiger partial charge in [0.2, 0.25) is 0 Å². The number of hydrogen-bond acceptors (Lipinski definition) is 1. The summed E-state index contributed by atoms with van der Waals surface area (Å²) >= 11 is 0. The van der Waals surface area contributed by atoms with Crippen molar-refractivity contribution in [3.8, 4) is 5.75 Å². The van der Waals surface area contributed by atoms with Crippen LogP contribution in [0.3, 0.4) is 0 Å². The van der Waals surface area contributed by atoms with E-state index in [1.807, 2.05) is 12.1 Å². The number of phenolic OH excluding ortho intramolecular Hbond substituents is 1. The smallest absolute Gasteiger partial charge is 0.119 e. The predicted octanol–water partition coefficient (Wildman–Crippen LogP) is 9.39. The minimum atomic E-state index is 0.514. The van der Waals surface area contributed by atoms with E-state index in [-0.39, 0.29) is 0 Å². The second kappa shape index (κ2) is 16.9. The summed E-state index contributed by atoms with van der Waals surface area (Å²) in [5.41, 5.74) is 1.21. The van der Waals surface area contributed by atoms with Crippen molar-refractivity contribution in [1.29, 1.82) is 0 Å². The molecule has 0 saturated carbocycles. The molecule has 0 radical (unpaired) electrons. The molecule has 1 aromatic rings. The fourth-order valence-corrected chi connectivity index (χ4v) is 4.70. The van der Waals surface area contributed by atoms with E-state index in [4.69, 9.17) is 0 Å². The van der Waals surface area contributed by atoms with Crippen molar-refractivity contribution in [1.82, 2.24) is 0 Å². The van der Waals surface area contributed by atoms with Crippen molar-refractivity contribution in [2.45, 2.75) is 129 Å². The normalized spacial score (nSPS) is 13.5. The van der Waals surface area contributed by atoms with Crippen LogP contribution in [-0.4, -0.2) is 5.11 Å². The van der Waals surface area contributed by atoms with Gasteiger partial charge in [0, 0.05) is 0 Å². The fraction of sp³-hybridized carbons (Fsp3) is 0.778. The molecule has 1 rings (SSSR count). The van der Waals surface area contributed by atoms with Gasteiger partial charge in [-0.2, -0.15) is 0 Å². The summed E-state index contributed by atoms with van der Waals surface area (Å²) in [5, 5.41) is 10.5. The first-order valence-corrected chi connectivity index (χ1v) is 12.5. The Labute approximate surface area is 176 Å². The first kappa shape index (κ1) is 25.1. The zero-order valence-electron chi connectivity index (χ0n) is 19.2. The van der Waals surface area contributed by atoms with E-state index in [0.717, 1.165) is 5.92 Å². The zero-order valence-corrected chi connectivity index (χ0v) is 19.2. The van der Waals surface area contributed by atoms with Gasteiger partial charge in [0.05, 0.1) is 0 Å². The number of hydrogen-bond donors (Lipinski definition) is 1. The molecule has 0 bridgehead atoms. The molecule has 1 nitrogen and oxygen atoms in total. The molecular formula is C27H48O. The highest BCUT2D eigenvalue weighted by atomic mass is 16.3. The molecule has 0 fully saturated rings. The van der Waals surface area contributed by atoms with Crippen LogP contribution in [0, 0.1) is 5.92 Å². The van der Waals surface area contributed by atoms with Gasteiger partial charge in [-0.25, -0.2) is 0 Å². The molecular weight excluding hydrogens is 340 g/mol. The molecule has 28 heavy (non-hydrogen) atoms. The van der Waals surface area contributed by atoms with Crippen LogP contribution in [-0.2, 0) is 0 Å². The summed E-state index contributed by atoms with van der Waals surface area (Å²) in [7, 11) is 0. The van der Waals surface area contributed by atoms with Crippen molar-refractivity contribution >= 4 is 0 Å². The van der Waals surface area contributed by atoms with Crippen molar-refractivity contribution < 1.29 is 5.11 Å². The Morgan fingerprint density at radius 1 is 0.607 bits per heavy atom. The summed E-state index contributed by atoms with van der Waals surface area (Å²) in [4.78, 5) is 0. The minimum absolute atomic E-state index is 0.514. The highest BCUT2D eigenvalue weighted by molar-refractivity contribution is 5.35. The minimum Gasteiger partial charge on any atom is -0.508 e. The molecule has 0 spiro atoms. The Hall–Kier alpha value is -0.980. The van der Waals surface area contributed by atoms with E-state index in [1.54, 1.807) is 0 Å². The molecule has 0 amide bonds. The van der Waals surface area contributed by atoms with Gasteiger partial charge in [-0.05, 0) is 36.3 Å². The predicted molar refractivity (Wildman–Crippen MR) is 125 cm³/mol. The third-order valence-electron chi connectivity index (χ3n) is 6.36. The molecule has 1 aromatic carbocycles. The summed E-state index contributed by atoms with van der Waals surface area (Å²) < 4.78 is 0. The molecule has 2 atom stereocenters. The van der Waals surface area contributed by atoms with Gasteiger partial charge < -0.3 is 5.11 Å². The Bertz CT molecular complexity index is 467. The third kappa shape index (κ3) is 10.5. The van der Waals surface area contributed by atoms with E-state index in [2.05, 4.69) is 32.9 Å². The molecule has 2 unspecified atom stereocenters. The topological polar surface area (TPSA) is 20.2 Å². The molecule has 0 heterocycles. The van der Waals surface area contributed by atoms with Crippen molar-refractivity contribution in [2.75, 3.05) is 0 Å². The maximum atomic E-state index is 10.5. The second-order valence-corrected chi connectivity index (χ2v) is 8.83. The van der Waals surface area contributed by atoms with Gasteiger partial charge in [-0.15, -0.1) is 0 Å². The lowest BCUT2D eigenvalue weighted by Crippen LogP contribution is -2.14. The van der Waals surface area contributed by atoms with Crippen LogP contribution in [0.5, 0.6) is 5.75 Å². The Kier molecular flexibility index (Phi) is 15.1. The van der Waals surface area contributed by atoms with Gasteiger partial charge in [-0.3, -0.25) is 0 Å². The SMILES string of the molecule is CCCCCCCCCCCC(c1ccccc1O)C(CCC)CCCCC. The molecule has 0 aliphatic rings. The van der Waals surface area contributed by atoms with Gasteiger partial charge in [0.1, 0.15) is 5.75 Å². The highest BCUT2D eigenvalue weighted by Crippen LogP contribution is 2.40. The van der Waals surface area contributed by atoms with Gasteiger partial charge in [0.15, 0.2) is 0 Å². The van der Waals surface area contributed by atoms with E-state index in [9.17, 15) is 5.11 Å². The molecule has 0 aromatic heterocycles. The molecule has 0 saturated heterocycles. The number of phenols is 1. The largest absolute Gasteiger partial charge is 0.508 e. The van der Waals surface area contributed by atoms with Crippen molar-refractivity contribution in [3.63, 3.8) is 0 Å². The number of benzene rings is 1. The quantitative estimate of drug-likeness (QED) is 0.248. The average molecular weight is 389 g/mol. The van der Waals surface area contributed by atoms with E-state index in [0.29, 0.717) is 11.7 Å². The van der Waals surface area contributed by atoms with Crippen LogP contribution >= 0.6 is 0 Å². The maximum Gasteiger partial charge on any atom is 0.119 e. The lowest BCUT2D eigenvalue weighted by molar-refractivity contribution is 0.323. The van der Waals surface area contributed by atoms with E-state index < -0.39 is 0 Å². The highest BCUT2D eigenvalue weighted by Gasteiger charge is 2.24. The van der Waals surface area contributed by atoms with E-state index >= 15 is 0 Å². The van der Waals surface area contributed by atoms with Gasteiger partial charge >= 0.3 is 0 Å². The summed E-state index contributed by atoms with van der Waals surface area (Å²) in [5.74, 6) is 1.77. The third-order valence-corrected chi connectivity index (χ3v) is 6.36. The lowest BCUT2D eigenvalue weighted by atomic mass is 9.77. The number of unbranched alkanes of at least 4 members (excludes halogenated alkanes) is 10. The lowest BCUT2D eigenvalue weighted by Gasteiger charge is -2.28. The standard InChI is InChI=1S/C27H48O/c1-4-7-9-10-11-12-13-14-16-21-25(26-22-17-18-23-27(26)28)24(19-6-3)20-15-8-5-2/h17-18,22-25,28H,4-16,19-21H2,1-3H3. The van der Waals surface area contributed by atoms with Crippen LogP contribution in [0.25, 0.3) is 0 Å². The van der Waals surface area contributed by atoms with Crippen molar-refractivity contribution in [2.24, 2.45) is 5.92 Å².